The van der Waals surface area contributed by atoms with E-state index in [1.165, 1.54) is 6.42 Å². The van der Waals surface area contributed by atoms with Gasteiger partial charge in [-0.05, 0) is 6.92 Å². The second-order valence-corrected chi connectivity index (χ2v) is 1.70. The lowest BCUT2D eigenvalue weighted by atomic mass is 10.1. The number of carbonyl (C=O) groups is 1. The molecule has 3 radical (unpaired) electrons. The molecule has 43 valence electrons. The number of hydrogen-bond acceptors (Lipinski definition) is 2. The van der Waals surface area contributed by atoms with Gasteiger partial charge in [0.05, 0.1) is 6.10 Å². The van der Waals surface area contributed by atoms with Crippen molar-refractivity contribution in [2.24, 2.45) is 0 Å². The van der Waals surface area contributed by atoms with E-state index in [2.05, 4.69) is 0 Å². The standard InChI is InChI=1S/C6H7O2/c1-5-2-3-6(7)4-8-5/h2-3H,4H2,1H3. The van der Waals surface area contributed by atoms with Crippen LogP contribution in [0.4, 0.5) is 0 Å². The van der Waals surface area contributed by atoms with E-state index in [0.717, 1.165) is 6.10 Å². The predicted molar refractivity (Wildman–Crippen MR) is 28.5 cm³/mol. The smallest absolute Gasteiger partial charge is 0.162 e. The predicted octanol–water partition coefficient (Wildman–Crippen LogP) is 0.546. The van der Waals surface area contributed by atoms with E-state index < -0.39 is 0 Å². The van der Waals surface area contributed by atoms with Crippen LogP contribution in [0.15, 0.2) is 0 Å². The van der Waals surface area contributed by atoms with Gasteiger partial charge in [0.2, 0.25) is 0 Å². The van der Waals surface area contributed by atoms with Crippen LogP contribution in [0.25, 0.3) is 0 Å². The molecule has 0 aromatic carbocycles. The van der Waals surface area contributed by atoms with Gasteiger partial charge in [-0.3, -0.25) is 4.79 Å². The molecule has 0 aromatic rings. The Hall–Kier alpha value is -0.370. The van der Waals surface area contributed by atoms with Gasteiger partial charge in [-0.1, -0.05) is 0 Å². The SMILES string of the molecule is C[C]1[CH][CH]C(=O)CO1. The lowest BCUT2D eigenvalue weighted by Crippen LogP contribution is -2.19. The van der Waals surface area contributed by atoms with Gasteiger partial charge in [-0.25, -0.2) is 0 Å². The first-order valence-electron chi connectivity index (χ1n) is 2.46. The number of rotatable bonds is 0. The highest BCUT2D eigenvalue weighted by Crippen LogP contribution is 2.12. The second-order valence-electron chi connectivity index (χ2n) is 1.70. The van der Waals surface area contributed by atoms with Crippen molar-refractivity contribution in [3.8, 4) is 0 Å². The van der Waals surface area contributed by atoms with Gasteiger partial charge < -0.3 is 4.74 Å². The van der Waals surface area contributed by atoms with Gasteiger partial charge >= 0.3 is 0 Å². The van der Waals surface area contributed by atoms with E-state index in [1.807, 2.05) is 6.92 Å². The maximum absolute atomic E-state index is 10.4. The molecule has 0 aromatic heterocycles. The number of Topliss-reactive ketones (excluding diaryl/α,β-unsaturated/α-hetero) is 1. The van der Waals surface area contributed by atoms with E-state index in [4.69, 9.17) is 4.74 Å². The molecule has 0 spiro atoms. The molecule has 1 aliphatic rings. The largest absolute Gasteiger partial charge is 0.364 e. The first kappa shape index (κ1) is 5.76. The number of hydrogen-bond donors (Lipinski definition) is 0. The highest BCUT2D eigenvalue weighted by atomic mass is 16.5. The van der Waals surface area contributed by atoms with Crippen molar-refractivity contribution in [1.29, 1.82) is 0 Å². The lowest BCUT2D eigenvalue weighted by Gasteiger charge is -2.14. The highest BCUT2D eigenvalue weighted by molar-refractivity contribution is 5.90. The molecule has 1 heterocycles. The molecule has 0 amide bonds. The fourth-order valence-corrected chi connectivity index (χ4v) is 0.491. The summed E-state index contributed by atoms with van der Waals surface area (Å²) < 4.78 is 4.87. The van der Waals surface area contributed by atoms with Crippen LogP contribution >= 0.6 is 0 Å². The van der Waals surface area contributed by atoms with Crippen molar-refractivity contribution < 1.29 is 9.53 Å². The number of ether oxygens (including phenoxy) is 1. The molecule has 1 saturated heterocycles. The van der Waals surface area contributed by atoms with E-state index in [1.54, 1.807) is 6.42 Å². The Morgan fingerprint density at radius 2 is 2.38 bits per heavy atom. The summed E-state index contributed by atoms with van der Waals surface area (Å²) in [5.74, 6) is 0.0376. The van der Waals surface area contributed by atoms with Gasteiger partial charge in [0.25, 0.3) is 0 Å². The first-order chi connectivity index (χ1) is 3.79. The van der Waals surface area contributed by atoms with Crippen LogP contribution in [0.3, 0.4) is 0 Å². The zero-order valence-corrected chi connectivity index (χ0v) is 4.68. The van der Waals surface area contributed by atoms with E-state index in [0.29, 0.717) is 0 Å². The first-order valence-corrected chi connectivity index (χ1v) is 2.46. The van der Waals surface area contributed by atoms with Gasteiger partial charge in [0.15, 0.2) is 5.78 Å². The molecule has 1 aliphatic heterocycles. The molecule has 1 rings (SSSR count). The minimum absolute atomic E-state index is 0.0376. The molecule has 8 heavy (non-hydrogen) atoms. The zero-order chi connectivity index (χ0) is 5.98. The Bertz CT molecular complexity index is 88.7. The molecule has 0 unspecified atom stereocenters. The fourth-order valence-electron chi connectivity index (χ4n) is 0.491. The van der Waals surface area contributed by atoms with Crippen molar-refractivity contribution in [3.63, 3.8) is 0 Å². The summed E-state index contributed by atoms with van der Waals surface area (Å²) in [5, 5.41) is 0. The summed E-state index contributed by atoms with van der Waals surface area (Å²) >= 11 is 0. The summed E-state index contributed by atoms with van der Waals surface area (Å²) in [5.41, 5.74) is 0. The third-order valence-corrected chi connectivity index (χ3v) is 0.946. The molecule has 0 N–H and O–H groups in total. The molecular formula is C6H7O2. The number of ketones is 1. The van der Waals surface area contributed by atoms with Gasteiger partial charge in [0.1, 0.15) is 6.61 Å². The minimum Gasteiger partial charge on any atom is -0.364 e. The summed E-state index contributed by atoms with van der Waals surface area (Å²) in [7, 11) is 0. The maximum atomic E-state index is 10.4. The van der Waals surface area contributed by atoms with Crippen LogP contribution in [-0.4, -0.2) is 12.4 Å². The van der Waals surface area contributed by atoms with Crippen LogP contribution in [0.1, 0.15) is 6.92 Å². The molecule has 1 fully saturated rings. The normalized spacial score (nSPS) is 23.9. The molecule has 0 aliphatic carbocycles. The summed E-state index contributed by atoms with van der Waals surface area (Å²) in [6.07, 6.45) is 4.01. The van der Waals surface area contributed by atoms with Crippen LogP contribution < -0.4 is 0 Å². The second kappa shape index (κ2) is 2.27. The van der Waals surface area contributed by atoms with Crippen LogP contribution in [0.2, 0.25) is 0 Å². The van der Waals surface area contributed by atoms with E-state index in [9.17, 15) is 4.79 Å². The molecule has 0 bridgehead atoms. The van der Waals surface area contributed by atoms with E-state index >= 15 is 0 Å². The molecular weight excluding hydrogens is 104 g/mol. The van der Waals surface area contributed by atoms with Crippen molar-refractivity contribution in [3.05, 3.63) is 18.9 Å². The number of carbonyl (C=O) groups excluding carboxylic acids is 1. The topological polar surface area (TPSA) is 26.3 Å². The Morgan fingerprint density at radius 3 is 2.75 bits per heavy atom. The molecule has 2 heteroatoms. The molecule has 2 nitrogen and oxygen atoms in total. The van der Waals surface area contributed by atoms with Gasteiger partial charge in [0, 0.05) is 12.8 Å². The fraction of sp³-hybridized carbons (Fsp3) is 0.333. The maximum Gasteiger partial charge on any atom is 0.162 e. The average Bonchev–Trinajstić information content (AvgIpc) is 1.77. The summed E-state index contributed by atoms with van der Waals surface area (Å²) in [4.78, 5) is 10.4. The van der Waals surface area contributed by atoms with Crippen molar-refractivity contribution >= 4 is 5.78 Å². The molecule has 0 saturated carbocycles. The quantitative estimate of drug-likeness (QED) is 0.456. The Balaban J connectivity index is 2.29. The Labute approximate surface area is 48.8 Å². The van der Waals surface area contributed by atoms with Gasteiger partial charge in [-0.15, -0.1) is 0 Å². The van der Waals surface area contributed by atoms with Gasteiger partial charge in [-0.2, -0.15) is 0 Å². The highest BCUT2D eigenvalue weighted by Gasteiger charge is 2.15. The van der Waals surface area contributed by atoms with Crippen molar-refractivity contribution in [2.75, 3.05) is 6.61 Å². The monoisotopic (exact) mass is 111 g/mol. The Morgan fingerprint density at radius 1 is 1.62 bits per heavy atom. The minimum atomic E-state index is 0.0376. The van der Waals surface area contributed by atoms with Crippen LogP contribution in [-0.2, 0) is 9.53 Å². The lowest BCUT2D eigenvalue weighted by molar-refractivity contribution is -0.121. The zero-order valence-electron chi connectivity index (χ0n) is 4.68. The van der Waals surface area contributed by atoms with E-state index in [-0.39, 0.29) is 12.4 Å². The molecule has 0 atom stereocenters. The summed E-state index contributed by atoms with van der Waals surface area (Å²) in [6, 6.07) is 0. The Kier molecular flexibility index (Phi) is 1.63. The third kappa shape index (κ3) is 1.30. The van der Waals surface area contributed by atoms with Crippen LogP contribution in [0, 0.1) is 18.9 Å². The van der Waals surface area contributed by atoms with Crippen LogP contribution in [0.5, 0.6) is 0 Å². The summed E-state index contributed by atoms with van der Waals surface area (Å²) in [6.45, 7) is 2.03. The third-order valence-electron chi connectivity index (χ3n) is 0.946. The van der Waals surface area contributed by atoms with Crippen molar-refractivity contribution in [1.82, 2.24) is 0 Å². The average molecular weight is 111 g/mol. The van der Waals surface area contributed by atoms with Crippen molar-refractivity contribution in [2.45, 2.75) is 6.92 Å².